The number of ether oxygens (including phenoxy) is 3. The van der Waals surface area contributed by atoms with Crippen LogP contribution >= 0.6 is 0 Å². The lowest BCUT2D eigenvalue weighted by Gasteiger charge is -2.39. The van der Waals surface area contributed by atoms with Gasteiger partial charge < -0.3 is 24.2 Å². The Morgan fingerprint density at radius 1 is 1.26 bits per heavy atom. The first-order chi connectivity index (χ1) is 15.9. The molecule has 0 aliphatic carbocycles. The highest BCUT2D eigenvalue weighted by Gasteiger charge is 2.58. The van der Waals surface area contributed by atoms with Crippen molar-refractivity contribution < 1.29 is 28.9 Å². The summed E-state index contributed by atoms with van der Waals surface area (Å²) in [5.41, 5.74) is -0.158. The van der Waals surface area contributed by atoms with Crippen molar-refractivity contribution in [2.75, 3.05) is 34.0 Å². The molecule has 0 aromatic heterocycles. The van der Waals surface area contributed by atoms with Gasteiger partial charge in [-0.3, -0.25) is 4.79 Å². The topological polar surface area (TPSA) is 85.3 Å². The van der Waals surface area contributed by atoms with Crippen molar-refractivity contribution in [2.45, 2.75) is 64.5 Å². The van der Waals surface area contributed by atoms with Gasteiger partial charge >= 0.3 is 5.97 Å². The van der Waals surface area contributed by atoms with E-state index in [4.69, 9.17) is 14.2 Å². The van der Waals surface area contributed by atoms with E-state index in [0.29, 0.717) is 37.4 Å². The molecule has 0 spiro atoms. The lowest BCUT2D eigenvalue weighted by Crippen LogP contribution is -2.57. The van der Waals surface area contributed by atoms with E-state index in [9.17, 15) is 14.7 Å². The molecule has 0 unspecified atom stereocenters. The van der Waals surface area contributed by atoms with Crippen LogP contribution in [0, 0.1) is 11.8 Å². The number of carbonyl (C=O) groups excluding carboxylic acids is 1. The Labute approximate surface area is 204 Å². The summed E-state index contributed by atoms with van der Waals surface area (Å²) in [4.78, 5) is 28.4. The van der Waals surface area contributed by atoms with Gasteiger partial charge in [-0.2, -0.15) is 0 Å². The molecule has 1 saturated heterocycles. The molecular weight excluding hydrogens is 434 g/mol. The minimum absolute atomic E-state index is 0.0697. The van der Waals surface area contributed by atoms with Crippen molar-refractivity contribution in [1.82, 2.24) is 4.90 Å². The second-order valence-electron chi connectivity index (χ2n) is 10.6. The second-order valence-corrected chi connectivity index (χ2v) is 10.6. The summed E-state index contributed by atoms with van der Waals surface area (Å²) in [5.74, 6) is -0.840. The van der Waals surface area contributed by atoms with Crippen LogP contribution in [-0.2, 0) is 19.7 Å². The Morgan fingerprint density at radius 3 is 2.44 bits per heavy atom. The van der Waals surface area contributed by atoms with Crippen molar-refractivity contribution in [2.24, 2.45) is 11.8 Å². The van der Waals surface area contributed by atoms with E-state index < -0.39 is 17.6 Å². The molecule has 190 valence electrons. The van der Waals surface area contributed by atoms with E-state index in [-0.39, 0.29) is 29.8 Å². The molecular formula is C27H41NO6. The Hall–Kier alpha value is -2.38. The summed E-state index contributed by atoms with van der Waals surface area (Å²) in [7, 11) is 3.17. The predicted octanol–water partition coefficient (Wildman–Crippen LogP) is 4.54. The highest BCUT2D eigenvalue weighted by atomic mass is 16.5. The molecule has 1 aliphatic heterocycles. The molecule has 0 bridgehead atoms. The fourth-order valence-electron chi connectivity index (χ4n) is 5.13. The molecule has 1 heterocycles. The second kappa shape index (κ2) is 11.4. The molecule has 1 aliphatic rings. The van der Waals surface area contributed by atoms with Crippen LogP contribution in [0.3, 0.4) is 0 Å². The van der Waals surface area contributed by atoms with Gasteiger partial charge in [0, 0.05) is 18.6 Å². The van der Waals surface area contributed by atoms with E-state index in [1.807, 2.05) is 19.9 Å². The van der Waals surface area contributed by atoms with Crippen LogP contribution in [0.2, 0.25) is 0 Å². The number of rotatable bonds is 11. The third-order valence-corrected chi connectivity index (χ3v) is 6.46. The summed E-state index contributed by atoms with van der Waals surface area (Å²) in [6, 6.07) is 4.92. The SMILES string of the molecule is C=CCOC[C@H]1[C@@H](COC)C[C@@](CC(C)C)(C(=O)O)N1C(=O)c1ccc(C(C)(C)C)c(OC)c1. The lowest BCUT2D eigenvalue weighted by atomic mass is 9.83. The van der Waals surface area contributed by atoms with Crippen LogP contribution in [0.15, 0.2) is 30.9 Å². The number of carboxylic acid groups (broad SMARTS) is 1. The normalized spacial score (nSPS) is 22.8. The van der Waals surface area contributed by atoms with Gasteiger partial charge in [-0.1, -0.05) is 46.8 Å². The average molecular weight is 476 g/mol. The van der Waals surface area contributed by atoms with E-state index >= 15 is 0 Å². The number of nitrogens with zero attached hydrogens (tertiary/aromatic N) is 1. The molecule has 3 atom stereocenters. The smallest absolute Gasteiger partial charge is 0.329 e. The maximum atomic E-state index is 14.1. The van der Waals surface area contributed by atoms with Gasteiger partial charge in [0.2, 0.25) is 0 Å². The first kappa shape index (κ1) is 27.9. The molecule has 7 nitrogen and oxygen atoms in total. The number of hydrogen-bond acceptors (Lipinski definition) is 5. The first-order valence-corrected chi connectivity index (χ1v) is 11.9. The molecule has 0 radical (unpaired) electrons. The van der Waals surface area contributed by atoms with Crippen LogP contribution in [0.5, 0.6) is 5.75 Å². The summed E-state index contributed by atoms with van der Waals surface area (Å²) < 4.78 is 16.8. The number of methoxy groups -OCH3 is 2. The monoisotopic (exact) mass is 475 g/mol. The summed E-state index contributed by atoms with van der Waals surface area (Å²) in [5, 5.41) is 10.5. The fourth-order valence-corrected chi connectivity index (χ4v) is 5.13. The van der Waals surface area contributed by atoms with Crippen LogP contribution in [0.25, 0.3) is 0 Å². The maximum absolute atomic E-state index is 14.1. The molecule has 1 aromatic rings. The summed E-state index contributed by atoms with van der Waals surface area (Å²) in [6.07, 6.45) is 2.28. The van der Waals surface area contributed by atoms with Crippen molar-refractivity contribution in [3.8, 4) is 5.75 Å². The fraction of sp³-hybridized carbons (Fsp3) is 0.630. The quantitative estimate of drug-likeness (QED) is 0.374. The van der Waals surface area contributed by atoms with Crippen LogP contribution in [0.4, 0.5) is 0 Å². The zero-order chi connectivity index (χ0) is 25.7. The average Bonchev–Trinajstić information content (AvgIpc) is 3.06. The van der Waals surface area contributed by atoms with Gasteiger partial charge in [0.1, 0.15) is 11.3 Å². The zero-order valence-corrected chi connectivity index (χ0v) is 21.7. The number of amides is 1. The Morgan fingerprint density at radius 2 is 1.94 bits per heavy atom. The van der Waals surface area contributed by atoms with E-state index in [2.05, 4.69) is 27.4 Å². The van der Waals surface area contributed by atoms with Crippen LogP contribution in [0.1, 0.15) is 63.4 Å². The van der Waals surface area contributed by atoms with Crippen molar-refractivity contribution >= 4 is 11.9 Å². The van der Waals surface area contributed by atoms with Gasteiger partial charge in [0.15, 0.2) is 0 Å². The highest BCUT2D eigenvalue weighted by Crippen LogP contribution is 2.44. The standard InChI is InChI=1S/C27H41NO6/c1-9-12-34-17-22-20(16-32-7)15-27(25(30)31,14-18(2)3)28(22)24(29)19-10-11-21(26(4,5)6)23(13-19)33-8/h9-11,13,18,20,22H,1,12,14-17H2,2-8H3,(H,30,31)/t20-,22+,27+/m1/s1. The molecule has 34 heavy (non-hydrogen) atoms. The molecule has 1 aromatic carbocycles. The summed E-state index contributed by atoms with van der Waals surface area (Å²) in [6.45, 7) is 14.7. The molecule has 1 amide bonds. The number of benzene rings is 1. The van der Waals surface area contributed by atoms with E-state index in [1.165, 1.54) is 0 Å². The number of hydrogen-bond donors (Lipinski definition) is 1. The number of carbonyl (C=O) groups is 2. The highest BCUT2D eigenvalue weighted by molar-refractivity contribution is 5.99. The van der Waals surface area contributed by atoms with Gasteiger partial charge in [-0.15, -0.1) is 6.58 Å². The molecule has 2 rings (SSSR count). The maximum Gasteiger partial charge on any atom is 0.329 e. The van der Waals surface area contributed by atoms with Crippen molar-refractivity contribution in [1.29, 1.82) is 0 Å². The Balaban J connectivity index is 2.63. The first-order valence-electron chi connectivity index (χ1n) is 11.9. The third kappa shape index (κ3) is 5.81. The number of likely N-dealkylation sites (tertiary alicyclic amines) is 1. The predicted molar refractivity (Wildman–Crippen MR) is 132 cm³/mol. The van der Waals surface area contributed by atoms with Gasteiger partial charge in [-0.05, 0) is 41.9 Å². The molecule has 1 N–H and O–H groups in total. The number of aliphatic carboxylic acids is 1. The van der Waals surface area contributed by atoms with Crippen LogP contribution in [-0.4, -0.2) is 67.5 Å². The van der Waals surface area contributed by atoms with E-state index in [0.717, 1.165) is 5.56 Å². The van der Waals surface area contributed by atoms with Crippen molar-refractivity contribution in [3.63, 3.8) is 0 Å². The molecule has 0 saturated carbocycles. The molecule has 7 heteroatoms. The minimum Gasteiger partial charge on any atom is -0.496 e. The number of carboxylic acids is 1. The Bertz CT molecular complexity index is 874. The molecule has 1 fully saturated rings. The Kier molecular flexibility index (Phi) is 9.31. The van der Waals surface area contributed by atoms with Gasteiger partial charge in [0.25, 0.3) is 5.91 Å². The van der Waals surface area contributed by atoms with E-state index in [1.54, 1.807) is 37.3 Å². The van der Waals surface area contributed by atoms with Crippen LogP contribution < -0.4 is 4.74 Å². The summed E-state index contributed by atoms with van der Waals surface area (Å²) >= 11 is 0. The van der Waals surface area contributed by atoms with Gasteiger partial charge in [0.05, 0.1) is 33.0 Å². The van der Waals surface area contributed by atoms with Gasteiger partial charge in [-0.25, -0.2) is 4.79 Å². The third-order valence-electron chi connectivity index (χ3n) is 6.46. The minimum atomic E-state index is -1.35. The zero-order valence-electron chi connectivity index (χ0n) is 21.7. The largest absolute Gasteiger partial charge is 0.496 e. The lowest BCUT2D eigenvalue weighted by molar-refractivity contribution is -0.150. The van der Waals surface area contributed by atoms with Crippen molar-refractivity contribution in [3.05, 3.63) is 42.0 Å².